The van der Waals surface area contributed by atoms with Gasteiger partial charge < -0.3 is 65.6 Å². The molecule has 5 atom stereocenters. The zero-order chi connectivity index (χ0) is 92.5. The van der Waals surface area contributed by atoms with Crippen molar-refractivity contribution >= 4 is 100 Å². The Kier molecular flexibility index (Phi) is 40.3. The highest BCUT2D eigenvalue weighted by Gasteiger charge is 2.35. The third-order valence-electron chi connectivity index (χ3n) is 22.3. The molecule has 34 nitrogen and oxygen atoms in total. The molecule has 38 heteroatoms. The lowest BCUT2D eigenvalue weighted by Gasteiger charge is -2.34. The van der Waals surface area contributed by atoms with E-state index in [0.29, 0.717) is 77.7 Å². The summed E-state index contributed by atoms with van der Waals surface area (Å²) < 4.78 is 55.3. The van der Waals surface area contributed by atoms with Crippen LogP contribution in [0, 0.1) is 23.7 Å². The molecule has 6 aliphatic rings. The summed E-state index contributed by atoms with van der Waals surface area (Å²) in [5, 5.41) is 18.9. The number of likely N-dealkylation sites (tertiary alicyclic amines) is 3. The second-order valence-electron chi connectivity index (χ2n) is 35.9. The summed E-state index contributed by atoms with van der Waals surface area (Å²) in [6.45, 7) is 44.7. The van der Waals surface area contributed by atoms with Gasteiger partial charge in [-0.1, -0.05) is 92.9 Å². The van der Waals surface area contributed by atoms with E-state index < -0.39 is 11.2 Å². The van der Waals surface area contributed by atoms with E-state index >= 15 is 0 Å². The summed E-state index contributed by atoms with van der Waals surface area (Å²) in [5.41, 5.74) is 16.9. The number of aliphatic imine (C=N–C) groups is 3. The van der Waals surface area contributed by atoms with Crippen LogP contribution >= 0.6 is 0 Å². The number of anilines is 3. The second-order valence-corrected chi connectivity index (χ2v) is 35.9. The maximum Gasteiger partial charge on any atom is 0.410 e. The molecule has 4 saturated heterocycles. The molecule has 12 rings (SSSR count). The van der Waals surface area contributed by atoms with Gasteiger partial charge in [0.15, 0.2) is 49.3 Å². The van der Waals surface area contributed by atoms with Crippen LogP contribution in [0.15, 0.2) is 45.3 Å². The van der Waals surface area contributed by atoms with Gasteiger partial charge in [-0.3, -0.25) is 24.5 Å². The van der Waals surface area contributed by atoms with Crippen LogP contribution in [0.2, 0.25) is 2.82 Å². The Hall–Kier alpha value is -8.89. The van der Waals surface area contributed by atoms with Crippen LogP contribution in [0.25, 0.3) is 16.9 Å². The van der Waals surface area contributed by atoms with Gasteiger partial charge in [0, 0.05) is 68.5 Å². The summed E-state index contributed by atoms with van der Waals surface area (Å²) in [4.78, 5) is 85.3. The lowest BCUT2D eigenvalue weighted by molar-refractivity contribution is 0.0244. The molecule has 0 aromatic carbocycles. The van der Waals surface area contributed by atoms with Crippen molar-refractivity contribution in [1.29, 1.82) is 0 Å². The fourth-order valence-electron chi connectivity index (χ4n) is 15.9. The number of aromatic nitrogens is 12. The molecule has 684 valence electrons. The highest BCUT2D eigenvalue weighted by atomic mass is 16.6. The molecule has 6 aliphatic heterocycles. The smallest absolute Gasteiger partial charge is 0.410 e. The molecule has 7 N–H and O–H groups in total. The predicted molar refractivity (Wildman–Crippen MR) is 499 cm³/mol. The first kappa shape index (κ1) is 98.3. The Morgan fingerprint density at radius 3 is 1.41 bits per heavy atom. The fourth-order valence-corrected chi connectivity index (χ4v) is 15.9. The number of aldehydes is 1. The van der Waals surface area contributed by atoms with Gasteiger partial charge in [0.1, 0.15) is 28.6 Å². The molecule has 4 fully saturated rings. The van der Waals surface area contributed by atoms with E-state index in [4.69, 9.17) is 63.2 Å². The quantitative estimate of drug-likeness (QED) is 0.0180. The van der Waals surface area contributed by atoms with E-state index in [1.807, 2.05) is 88.7 Å². The van der Waals surface area contributed by atoms with Gasteiger partial charge >= 0.3 is 36.2 Å². The van der Waals surface area contributed by atoms with Crippen LogP contribution in [-0.4, -0.2) is 290 Å². The van der Waals surface area contributed by atoms with Gasteiger partial charge in [0.05, 0.1) is 68.7 Å². The van der Waals surface area contributed by atoms with Crippen molar-refractivity contribution in [1.82, 2.24) is 88.6 Å². The minimum absolute atomic E-state index is 0.0413. The summed E-state index contributed by atoms with van der Waals surface area (Å²) in [6.07, 6.45) is 30.0. The van der Waals surface area contributed by atoms with E-state index in [1.165, 1.54) is 87.3 Å². The Balaban J connectivity index is 0.000000201. The summed E-state index contributed by atoms with van der Waals surface area (Å²) in [7, 11) is 17.3. The number of carbonyl (C=O) groups excluding carboxylic acids is 3. The number of nitrogen functional groups attached to an aromatic ring is 1. The van der Waals surface area contributed by atoms with Crippen LogP contribution in [0.5, 0.6) is 18.0 Å². The number of imidazole rings is 3. The van der Waals surface area contributed by atoms with Gasteiger partial charge in [0.2, 0.25) is 0 Å². The molecule has 0 bridgehead atoms. The standard InChI is InChI=1S/C24H40B2N7O3.C20H33N5O.C19H32N6O.C12H16B2N5O2.C12H24N2O2/c1-7-8-17(2)35-22-29-20(28-16-26-25)21-27-13-19(33(21)30-22)15-32-11-9-18(10-12-32)14-31(6)23(34)36-24(3,4)5;1-4-6-14(3)26-20-23-17-16(12-22-18(17)19(21)24-20)13-25-10-8-15(7-5-2)9-11-25;1-4-6-14(3)26-19-22-17(20)18-21-12-16(25(18)23-19)13-24-10-8-15(7-5-2)9-11-24;1-3-4-8(2)21-12-17-10(16-7-14-13)11-15-5-9(6-20)19(11)18-12;1-12(2,3)16-11(15)14(4)9-10-5-7-13-8-6-10/h13,17-18H,7-12,14-16H2,1-6H3,(H,28,29,30);12,14-15,17H,4-11,13H2,1-3H3,(H2,21,23,24);12,14-15H,4-11,13H2,1-3H3,(H2,20,22,23);5-6,8H,3-4,7H2,1-2H3,(H,16,17,18);10,13H,5-9H2,1-4H3/i/hD2. The number of hydrogen-bond donors (Lipinski definition) is 5. The number of rotatable bonds is 36. The van der Waals surface area contributed by atoms with Crippen molar-refractivity contribution in [2.45, 2.75) is 294 Å². The summed E-state index contributed by atoms with van der Waals surface area (Å²) >= 11 is 0. The van der Waals surface area contributed by atoms with Gasteiger partial charge in [-0.05, 0) is 241 Å². The van der Waals surface area contributed by atoms with Gasteiger partial charge in [-0.25, -0.2) is 43.1 Å². The minimum Gasteiger partial charge on any atom is -0.461 e. The first-order valence-corrected chi connectivity index (χ1v) is 45.9. The summed E-state index contributed by atoms with van der Waals surface area (Å²) in [5.74, 6) is 4.21. The zero-order valence-electron chi connectivity index (χ0n) is 80.3. The maximum atomic E-state index is 12.3. The number of carbonyl (C=O) groups is 3. The van der Waals surface area contributed by atoms with Crippen molar-refractivity contribution in [3.63, 3.8) is 0 Å². The number of amides is 2. The number of fused-ring (bicyclic) bond motifs is 4. The Morgan fingerprint density at radius 1 is 0.568 bits per heavy atom. The van der Waals surface area contributed by atoms with Crippen molar-refractivity contribution in [3.05, 3.63) is 47.4 Å². The Labute approximate surface area is 750 Å². The van der Waals surface area contributed by atoms with E-state index in [2.05, 4.69) is 117 Å². The fraction of sp³-hybridized carbons (Fsp3) is 0.736. The molecule has 6 aromatic rings. The molecule has 0 spiro atoms. The lowest BCUT2D eigenvalue weighted by atomic mass is 9.56. The molecular formula is C87H145B4N25O9. The third-order valence-corrected chi connectivity index (χ3v) is 22.3. The van der Waals surface area contributed by atoms with Gasteiger partial charge in [-0.15, -0.1) is 15.3 Å². The van der Waals surface area contributed by atoms with Crippen LogP contribution in [-0.2, 0) is 27.3 Å². The SMILES string of the molecule is CCCC1CCN(CC2=CN=C3C(N)=NC(OC(C)CCC)=NC23)CC1.CCCC1CCN(Cc2cnc3c(N)nc(OC(C)CCC)nn23)CC1.CN(CC1CCNCC1)C(=O)OC(C)(C)C.[2H]N(C[B][B])c1nc(OC(C)CCC)nn2c(C=O)cnc12.[2H]N(C[B][B])c1nc(OC(C)CCC)nn2c(CN3CCC(CN(C)C(=O)OC(C)(C)C)CC3)cnc12. The lowest BCUT2D eigenvalue weighted by Crippen LogP contribution is -2.41. The number of nitrogens with two attached hydrogens (primary N) is 2. The maximum absolute atomic E-state index is 12.3. The van der Waals surface area contributed by atoms with Crippen molar-refractivity contribution in [2.75, 3.05) is 115 Å². The molecule has 2 amide bonds. The number of amidine groups is 2. The molecule has 125 heavy (non-hydrogen) atoms. The predicted octanol–water partition coefficient (Wildman–Crippen LogP) is 11.9. The Morgan fingerprint density at radius 2 is 0.968 bits per heavy atom. The average molecular weight is 1730 g/mol. The highest BCUT2D eigenvalue weighted by Crippen LogP contribution is 2.30. The summed E-state index contributed by atoms with van der Waals surface area (Å²) in [6, 6.07) is 0.933. The van der Waals surface area contributed by atoms with Crippen LogP contribution < -0.4 is 41.6 Å². The monoisotopic (exact) mass is 1730 g/mol. The van der Waals surface area contributed by atoms with E-state index in [0.717, 1.165) is 183 Å². The minimum atomic E-state index is -0.495. The largest absolute Gasteiger partial charge is 0.461 e. The van der Waals surface area contributed by atoms with Crippen LogP contribution in [0.1, 0.15) is 261 Å². The van der Waals surface area contributed by atoms with Gasteiger partial charge in [0.25, 0.3) is 0 Å². The normalized spacial score (nSPS) is 18.1. The molecular weight excluding hydrogens is 1580 g/mol. The molecule has 0 saturated carbocycles. The molecule has 5 unspecified atom stereocenters. The number of ether oxygens (including phenoxy) is 6. The van der Waals surface area contributed by atoms with Crippen molar-refractivity contribution < 1.29 is 45.6 Å². The number of hydrogen-bond acceptors (Lipinski definition) is 29. The Bertz CT molecular complexity index is 4480. The highest BCUT2D eigenvalue weighted by molar-refractivity contribution is 6.90. The molecule has 6 radical (unpaired) electrons. The average Bonchev–Trinajstić information content (AvgIpc) is 1.67. The number of nitrogens with one attached hydrogen (secondary N) is 3. The first-order chi connectivity index (χ1) is 60.7. The third kappa shape index (κ3) is 33.0. The zero-order valence-corrected chi connectivity index (χ0v) is 78.3. The molecule has 0 aliphatic carbocycles. The number of nitrogens with zero attached hydrogens (tertiary/aromatic N) is 20. The second kappa shape index (κ2) is 51.2. The molecule has 6 aromatic heterocycles. The van der Waals surface area contributed by atoms with E-state index in [9.17, 15) is 14.4 Å². The number of piperidine rings is 4. The van der Waals surface area contributed by atoms with E-state index in [1.54, 1.807) is 32.1 Å². The van der Waals surface area contributed by atoms with Gasteiger partial charge in [-0.2, -0.15) is 19.9 Å². The topological polar surface area (TPSA) is 377 Å². The van der Waals surface area contributed by atoms with Crippen molar-refractivity contribution in [2.24, 2.45) is 44.4 Å². The van der Waals surface area contributed by atoms with E-state index in [-0.39, 0.29) is 79.1 Å². The van der Waals surface area contributed by atoms with Crippen LogP contribution in [0.4, 0.5) is 27.0 Å². The van der Waals surface area contributed by atoms with Crippen molar-refractivity contribution in [3.8, 4) is 18.0 Å². The van der Waals surface area contributed by atoms with Crippen LogP contribution in [0.3, 0.4) is 0 Å². The first-order valence-electron chi connectivity index (χ1n) is 46.8. The molecule has 12 heterocycles.